The van der Waals surface area contributed by atoms with Gasteiger partial charge in [0.1, 0.15) is 17.5 Å². The maximum atomic E-state index is 14.0. The van der Waals surface area contributed by atoms with E-state index in [9.17, 15) is 24.0 Å². The summed E-state index contributed by atoms with van der Waals surface area (Å²) in [5.74, 6) is -3.13. The van der Waals surface area contributed by atoms with Gasteiger partial charge < -0.3 is 29.6 Å². The molecule has 4 heterocycles. The molecule has 2 fully saturated rings. The summed E-state index contributed by atoms with van der Waals surface area (Å²) in [6, 6.07) is 7.29. The zero-order valence-electron chi connectivity index (χ0n) is 28.5. The summed E-state index contributed by atoms with van der Waals surface area (Å²) < 4.78 is 22.5. The highest BCUT2D eigenvalue weighted by Gasteiger charge is 2.46. The lowest BCUT2D eigenvalue weighted by molar-refractivity contribution is -0.317. The molecule has 5 bridgehead atoms. The van der Waals surface area contributed by atoms with Crippen LogP contribution in [0.15, 0.2) is 36.4 Å². The summed E-state index contributed by atoms with van der Waals surface area (Å²) in [7, 11) is 0. The molecule has 14 heteroatoms. The summed E-state index contributed by atoms with van der Waals surface area (Å²) >= 11 is 0. The lowest BCUT2D eigenvalue weighted by Crippen LogP contribution is -2.61. The summed E-state index contributed by atoms with van der Waals surface area (Å²) in [5.41, 5.74) is 3.51. The Labute approximate surface area is 285 Å². The van der Waals surface area contributed by atoms with Gasteiger partial charge in [-0.2, -0.15) is 0 Å². The lowest BCUT2D eigenvalue weighted by atomic mass is 9.88. The molecular formula is C35H45N5O9. The minimum Gasteiger partial charge on any atom is -0.451 e. The highest BCUT2D eigenvalue weighted by Crippen LogP contribution is 2.32. The van der Waals surface area contributed by atoms with Crippen molar-refractivity contribution in [2.24, 2.45) is 11.3 Å². The number of ether oxygens (including phenoxy) is 4. The number of benzene rings is 1. The van der Waals surface area contributed by atoms with E-state index in [1.165, 1.54) is 11.9 Å². The van der Waals surface area contributed by atoms with Gasteiger partial charge in [0.15, 0.2) is 6.10 Å². The van der Waals surface area contributed by atoms with Gasteiger partial charge in [0.25, 0.3) is 11.8 Å². The Kier molecular flexibility index (Phi) is 11.3. The molecule has 264 valence electrons. The number of nitrogens with one attached hydrogen (secondary N) is 3. The van der Waals surface area contributed by atoms with Crippen molar-refractivity contribution in [3.63, 3.8) is 0 Å². The number of carbonyl (C=O) groups excluding carboxylic acids is 5. The number of pyridine rings is 1. The average Bonchev–Trinajstić information content (AvgIpc) is 3.09. The predicted molar refractivity (Wildman–Crippen MR) is 177 cm³/mol. The van der Waals surface area contributed by atoms with Crippen molar-refractivity contribution in [1.29, 1.82) is 0 Å². The van der Waals surface area contributed by atoms with Gasteiger partial charge in [-0.15, -0.1) is 0 Å². The van der Waals surface area contributed by atoms with Gasteiger partial charge in [-0.1, -0.05) is 51.1 Å². The van der Waals surface area contributed by atoms with Crippen molar-refractivity contribution >= 4 is 46.6 Å². The first-order chi connectivity index (χ1) is 23.4. The fourth-order valence-corrected chi connectivity index (χ4v) is 5.83. The van der Waals surface area contributed by atoms with E-state index in [0.717, 1.165) is 5.39 Å². The van der Waals surface area contributed by atoms with E-state index in [-0.39, 0.29) is 25.5 Å². The number of fused-ring (bicyclic) bond motifs is 4. The van der Waals surface area contributed by atoms with Crippen LogP contribution >= 0.6 is 0 Å². The molecule has 2 saturated heterocycles. The number of esters is 2. The smallest absolute Gasteiger partial charge is 0.321 e. The fourth-order valence-electron chi connectivity index (χ4n) is 5.83. The quantitative estimate of drug-likeness (QED) is 0.406. The number of hydrazine groups is 1. The number of amides is 3. The van der Waals surface area contributed by atoms with Crippen molar-refractivity contribution in [2.45, 2.75) is 91.0 Å². The topological polar surface area (TPSA) is 174 Å². The van der Waals surface area contributed by atoms with Crippen molar-refractivity contribution in [3.05, 3.63) is 47.7 Å². The molecule has 0 saturated carbocycles. The Morgan fingerprint density at radius 2 is 1.76 bits per heavy atom. The number of carbonyl (C=O) groups is 5. The van der Waals surface area contributed by atoms with Crippen LogP contribution in [0.4, 0.5) is 0 Å². The first kappa shape index (κ1) is 35.9. The second kappa shape index (κ2) is 15.4. The van der Waals surface area contributed by atoms with Gasteiger partial charge >= 0.3 is 18.4 Å². The molecule has 1 spiro atoms. The van der Waals surface area contributed by atoms with Crippen LogP contribution in [0, 0.1) is 11.3 Å². The third kappa shape index (κ3) is 8.43. The highest BCUT2D eigenvalue weighted by molar-refractivity contribution is 5.92. The van der Waals surface area contributed by atoms with E-state index in [2.05, 4.69) is 16.1 Å². The van der Waals surface area contributed by atoms with Crippen molar-refractivity contribution < 1.29 is 42.9 Å². The normalized spacial score (nSPS) is 28.7. The lowest BCUT2D eigenvalue weighted by Gasteiger charge is -2.37. The first-order valence-corrected chi connectivity index (χ1v) is 16.8. The molecule has 2 aromatic rings. The van der Waals surface area contributed by atoms with Gasteiger partial charge in [0, 0.05) is 18.4 Å². The van der Waals surface area contributed by atoms with Gasteiger partial charge in [-0.3, -0.25) is 34.0 Å². The zero-order valence-corrected chi connectivity index (χ0v) is 28.5. The number of rotatable bonds is 4. The van der Waals surface area contributed by atoms with E-state index in [4.69, 9.17) is 23.9 Å². The van der Waals surface area contributed by atoms with E-state index < -0.39 is 65.8 Å². The number of hydrogen-bond acceptors (Lipinski definition) is 11. The van der Waals surface area contributed by atoms with Crippen molar-refractivity contribution in [3.8, 4) is 0 Å². The summed E-state index contributed by atoms with van der Waals surface area (Å²) in [5, 5.41) is 7.90. The summed E-state index contributed by atoms with van der Waals surface area (Å²) in [4.78, 5) is 71.1. The van der Waals surface area contributed by atoms with Crippen LogP contribution in [0.25, 0.3) is 17.0 Å². The maximum Gasteiger partial charge on any atom is 0.321 e. The van der Waals surface area contributed by atoms with Crippen LogP contribution in [-0.2, 0) is 42.9 Å². The Morgan fingerprint density at radius 3 is 2.47 bits per heavy atom. The third-order valence-electron chi connectivity index (χ3n) is 8.77. The minimum atomic E-state index is -1.52. The monoisotopic (exact) mass is 679 g/mol. The molecule has 1 aromatic heterocycles. The van der Waals surface area contributed by atoms with Crippen molar-refractivity contribution in [2.75, 3.05) is 19.8 Å². The van der Waals surface area contributed by atoms with Gasteiger partial charge in [0.2, 0.25) is 5.91 Å². The van der Waals surface area contributed by atoms with Crippen LogP contribution in [0.3, 0.4) is 0 Å². The van der Waals surface area contributed by atoms with Crippen molar-refractivity contribution in [1.82, 2.24) is 26.1 Å². The molecule has 3 aliphatic heterocycles. The standard InChI is InChI=1S/C35H45N5O9/c1-6-8-28(41)48-34-46-18-35(19-47-34)15-14-23-10-11-24-12-13-25(38-27(24)17-23)21(4)36-30(42)26-9-7-16-40(39-26)32(44)22(5)37-31(43)29(20(2)3)49-33(35)45/h10-15,17,20-22,26,29,34,39H,6-9,16,18-19H2,1-5H3,(H,36,42)(H,37,43)/t21-,22+,26+,29+,34?,35?/m1/s1. The Balaban J connectivity index is 1.50. The number of aromatic nitrogens is 1. The molecule has 5 rings (SSSR count). The molecule has 4 atom stereocenters. The number of nitrogens with zero attached hydrogens (tertiary/aromatic N) is 2. The van der Waals surface area contributed by atoms with E-state index >= 15 is 0 Å². The molecule has 14 nitrogen and oxygen atoms in total. The maximum absolute atomic E-state index is 14.0. The third-order valence-corrected chi connectivity index (χ3v) is 8.77. The van der Waals surface area contributed by atoms with E-state index in [1.807, 2.05) is 44.2 Å². The van der Waals surface area contributed by atoms with E-state index in [1.54, 1.807) is 26.0 Å². The second-order valence-corrected chi connectivity index (χ2v) is 13.2. The first-order valence-electron chi connectivity index (χ1n) is 16.8. The molecule has 49 heavy (non-hydrogen) atoms. The second-order valence-electron chi connectivity index (χ2n) is 13.2. The largest absolute Gasteiger partial charge is 0.451 e. The summed E-state index contributed by atoms with van der Waals surface area (Å²) in [6.07, 6.45) is 3.90. The molecule has 0 unspecified atom stereocenters. The molecule has 0 radical (unpaired) electrons. The van der Waals surface area contributed by atoms with Crippen LogP contribution < -0.4 is 16.1 Å². The fraction of sp³-hybridized carbons (Fsp3) is 0.543. The number of hydrogen-bond donors (Lipinski definition) is 3. The highest BCUT2D eigenvalue weighted by atomic mass is 16.9. The molecular weight excluding hydrogens is 634 g/mol. The number of cyclic esters (lactones) is 1. The Morgan fingerprint density at radius 1 is 1.04 bits per heavy atom. The molecule has 3 N–H and O–H groups in total. The Hall–Kier alpha value is -4.40. The molecule has 3 amide bonds. The molecule has 0 aliphatic carbocycles. The minimum absolute atomic E-state index is 0.180. The van der Waals surface area contributed by atoms with Crippen LogP contribution in [0.5, 0.6) is 0 Å². The van der Waals surface area contributed by atoms with Crippen LogP contribution in [-0.4, -0.2) is 84.1 Å². The predicted octanol–water partition coefficient (Wildman–Crippen LogP) is 2.67. The van der Waals surface area contributed by atoms with Gasteiger partial charge in [-0.05, 0) is 56.7 Å². The zero-order chi connectivity index (χ0) is 35.3. The summed E-state index contributed by atoms with van der Waals surface area (Å²) in [6.45, 7) is 7.17. The van der Waals surface area contributed by atoms with Gasteiger partial charge in [0.05, 0.1) is 30.5 Å². The average molecular weight is 680 g/mol. The molecule has 1 aromatic carbocycles. The Bertz CT molecular complexity index is 1600. The van der Waals surface area contributed by atoms with E-state index in [0.29, 0.717) is 42.6 Å². The molecule has 3 aliphatic rings. The van der Waals surface area contributed by atoms with Crippen LogP contribution in [0.2, 0.25) is 0 Å². The van der Waals surface area contributed by atoms with Crippen LogP contribution in [0.1, 0.15) is 77.6 Å². The SMILES string of the molecule is CCCC(=O)OC1OCC2(C=Cc3ccc4ccc(nc4c3)[C@@H](C)NC(=O)[C@@H]3CCCN(N3)C(=O)[C@H](C)NC(=O)[C@H](C(C)C)OC2=O)CO1. The van der Waals surface area contributed by atoms with Gasteiger partial charge in [-0.25, -0.2) is 5.43 Å².